The maximum Gasteiger partial charge on any atom is 0.225 e. The SMILES string of the molecule is O=C(CCBr)Nc1ccc2oc(C3CC3)nc2c1. The molecule has 3 rings (SSSR count). The van der Waals surface area contributed by atoms with E-state index >= 15 is 0 Å². The number of carbonyl (C=O) groups excluding carboxylic acids is 1. The molecule has 0 bridgehead atoms. The molecule has 94 valence electrons. The minimum absolute atomic E-state index is 0.00265. The van der Waals surface area contributed by atoms with Crippen molar-refractivity contribution in [2.24, 2.45) is 0 Å². The summed E-state index contributed by atoms with van der Waals surface area (Å²) in [6, 6.07) is 5.56. The van der Waals surface area contributed by atoms with Crippen molar-refractivity contribution >= 4 is 38.6 Å². The zero-order valence-corrected chi connectivity index (χ0v) is 11.4. The Kier molecular flexibility index (Phi) is 3.07. The van der Waals surface area contributed by atoms with Crippen molar-refractivity contribution < 1.29 is 9.21 Å². The Labute approximate surface area is 113 Å². The largest absolute Gasteiger partial charge is 0.440 e. The van der Waals surface area contributed by atoms with E-state index < -0.39 is 0 Å². The third-order valence-electron chi connectivity index (χ3n) is 2.94. The van der Waals surface area contributed by atoms with Gasteiger partial charge in [-0.25, -0.2) is 4.98 Å². The molecule has 1 aromatic carbocycles. The first-order valence-corrected chi connectivity index (χ1v) is 7.15. The lowest BCUT2D eigenvalue weighted by Crippen LogP contribution is -2.11. The summed E-state index contributed by atoms with van der Waals surface area (Å²) in [5, 5.41) is 3.50. The van der Waals surface area contributed by atoms with Crippen molar-refractivity contribution in [2.45, 2.75) is 25.2 Å². The highest BCUT2D eigenvalue weighted by molar-refractivity contribution is 9.09. The molecule has 0 saturated heterocycles. The molecule has 4 nitrogen and oxygen atoms in total. The minimum Gasteiger partial charge on any atom is -0.440 e. The zero-order valence-electron chi connectivity index (χ0n) is 9.78. The number of fused-ring (bicyclic) bond motifs is 1. The van der Waals surface area contributed by atoms with Crippen molar-refractivity contribution in [1.29, 1.82) is 0 Å². The van der Waals surface area contributed by atoms with Crippen LogP contribution in [0.3, 0.4) is 0 Å². The van der Waals surface area contributed by atoms with Crippen molar-refractivity contribution in [3.63, 3.8) is 0 Å². The summed E-state index contributed by atoms with van der Waals surface area (Å²) in [5.74, 6) is 1.33. The summed E-state index contributed by atoms with van der Waals surface area (Å²) in [4.78, 5) is 15.9. The fraction of sp³-hybridized carbons (Fsp3) is 0.385. The first kappa shape index (κ1) is 11.7. The molecule has 1 N–H and O–H groups in total. The van der Waals surface area contributed by atoms with Crippen LogP contribution >= 0.6 is 15.9 Å². The average molecular weight is 309 g/mol. The van der Waals surface area contributed by atoms with E-state index in [1.165, 1.54) is 12.8 Å². The molecule has 0 unspecified atom stereocenters. The number of alkyl halides is 1. The number of oxazole rings is 1. The Morgan fingerprint density at radius 2 is 2.33 bits per heavy atom. The van der Waals surface area contributed by atoms with E-state index in [0.29, 0.717) is 17.7 Å². The Balaban J connectivity index is 1.83. The van der Waals surface area contributed by atoms with Gasteiger partial charge in [-0.05, 0) is 31.0 Å². The van der Waals surface area contributed by atoms with Crippen molar-refractivity contribution in [1.82, 2.24) is 4.98 Å². The van der Waals surface area contributed by atoms with Crippen LogP contribution in [-0.2, 0) is 4.79 Å². The minimum atomic E-state index is -0.00265. The zero-order chi connectivity index (χ0) is 12.5. The van der Waals surface area contributed by atoms with E-state index in [0.717, 1.165) is 22.7 Å². The molecule has 5 heteroatoms. The fourth-order valence-electron chi connectivity index (χ4n) is 1.84. The van der Waals surface area contributed by atoms with Crippen LogP contribution in [0.1, 0.15) is 31.1 Å². The molecule has 0 aliphatic heterocycles. The first-order chi connectivity index (χ1) is 8.76. The number of rotatable bonds is 4. The first-order valence-electron chi connectivity index (χ1n) is 6.02. The van der Waals surface area contributed by atoms with Crippen molar-refractivity contribution in [3.05, 3.63) is 24.1 Å². The molecule has 1 heterocycles. The molecule has 1 aliphatic carbocycles. The average Bonchev–Trinajstić information content (AvgIpc) is 3.10. The Hall–Kier alpha value is -1.36. The van der Waals surface area contributed by atoms with Crippen molar-refractivity contribution in [2.75, 3.05) is 10.6 Å². The van der Waals surface area contributed by atoms with Gasteiger partial charge in [0, 0.05) is 23.4 Å². The summed E-state index contributed by atoms with van der Waals surface area (Å²) in [7, 11) is 0. The van der Waals surface area contributed by atoms with Crippen LogP contribution in [0, 0.1) is 0 Å². The monoisotopic (exact) mass is 308 g/mol. The maximum atomic E-state index is 11.5. The lowest BCUT2D eigenvalue weighted by molar-refractivity contribution is -0.115. The molecule has 1 saturated carbocycles. The summed E-state index contributed by atoms with van der Waals surface area (Å²) in [6.07, 6.45) is 2.80. The van der Waals surface area contributed by atoms with Crippen LogP contribution in [0.25, 0.3) is 11.1 Å². The van der Waals surface area contributed by atoms with E-state index in [1.54, 1.807) is 0 Å². The van der Waals surface area contributed by atoms with Gasteiger partial charge in [0.25, 0.3) is 0 Å². The lowest BCUT2D eigenvalue weighted by Gasteiger charge is -2.02. The van der Waals surface area contributed by atoms with Gasteiger partial charge in [-0.15, -0.1) is 0 Å². The summed E-state index contributed by atoms with van der Waals surface area (Å²) in [6.45, 7) is 0. The second-order valence-electron chi connectivity index (χ2n) is 4.50. The molecule has 1 amide bonds. The highest BCUT2D eigenvalue weighted by Gasteiger charge is 2.28. The predicted molar refractivity (Wildman–Crippen MR) is 73.0 cm³/mol. The maximum absolute atomic E-state index is 11.5. The van der Waals surface area contributed by atoms with Gasteiger partial charge in [-0.2, -0.15) is 0 Å². The third kappa shape index (κ3) is 2.41. The van der Waals surface area contributed by atoms with Crippen LogP contribution in [0.5, 0.6) is 0 Å². The topological polar surface area (TPSA) is 55.1 Å². The summed E-state index contributed by atoms with van der Waals surface area (Å²) in [5.41, 5.74) is 2.37. The van der Waals surface area contributed by atoms with Gasteiger partial charge in [0.2, 0.25) is 5.91 Å². The predicted octanol–water partition coefficient (Wildman–Crippen LogP) is 3.43. The Morgan fingerprint density at radius 3 is 3.06 bits per heavy atom. The molecule has 0 radical (unpaired) electrons. The highest BCUT2D eigenvalue weighted by Crippen LogP contribution is 2.40. The van der Waals surface area contributed by atoms with Crippen LogP contribution in [0.2, 0.25) is 0 Å². The third-order valence-corrected chi connectivity index (χ3v) is 3.33. The van der Waals surface area contributed by atoms with Gasteiger partial charge in [0.05, 0.1) is 0 Å². The smallest absolute Gasteiger partial charge is 0.225 e. The number of aromatic nitrogens is 1. The second-order valence-corrected chi connectivity index (χ2v) is 5.29. The Bertz CT molecular complexity index is 590. The van der Waals surface area contributed by atoms with Gasteiger partial charge in [-0.3, -0.25) is 4.79 Å². The molecular weight excluding hydrogens is 296 g/mol. The van der Waals surface area contributed by atoms with E-state index in [1.807, 2.05) is 18.2 Å². The van der Waals surface area contributed by atoms with Gasteiger partial charge < -0.3 is 9.73 Å². The number of nitrogens with one attached hydrogen (secondary N) is 1. The number of amides is 1. The van der Waals surface area contributed by atoms with Crippen LogP contribution in [0.15, 0.2) is 22.6 Å². The van der Waals surface area contributed by atoms with Crippen LogP contribution in [0.4, 0.5) is 5.69 Å². The number of carbonyl (C=O) groups is 1. The Morgan fingerprint density at radius 1 is 1.50 bits per heavy atom. The molecule has 0 atom stereocenters. The van der Waals surface area contributed by atoms with Crippen molar-refractivity contribution in [3.8, 4) is 0 Å². The highest BCUT2D eigenvalue weighted by atomic mass is 79.9. The number of hydrogen-bond donors (Lipinski definition) is 1. The van der Waals surface area contributed by atoms with E-state index in [-0.39, 0.29) is 5.91 Å². The second kappa shape index (κ2) is 4.72. The number of anilines is 1. The standard InChI is InChI=1S/C13H13BrN2O2/c14-6-5-12(17)15-9-3-4-11-10(7-9)16-13(18-11)8-1-2-8/h3-4,7-8H,1-2,5-6H2,(H,15,17). The fourth-order valence-corrected chi connectivity index (χ4v) is 2.20. The van der Waals surface area contributed by atoms with Gasteiger partial charge in [-0.1, -0.05) is 15.9 Å². The molecule has 2 aromatic rings. The molecule has 1 fully saturated rings. The number of nitrogens with zero attached hydrogens (tertiary/aromatic N) is 1. The van der Waals surface area contributed by atoms with Crippen LogP contribution < -0.4 is 5.32 Å². The van der Waals surface area contributed by atoms with Gasteiger partial charge in [0.15, 0.2) is 11.5 Å². The van der Waals surface area contributed by atoms with Gasteiger partial charge >= 0.3 is 0 Å². The summed E-state index contributed by atoms with van der Waals surface area (Å²) < 4.78 is 5.67. The molecule has 0 spiro atoms. The number of hydrogen-bond acceptors (Lipinski definition) is 3. The molecule has 1 aliphatic rings. The van der Waals surface area contributed by atoms with E-state index in [4.69, 9.17) is 4.42 Å². The molecule has 1 aromatic heterocycles. The van der Waals surface area contributed by atoms with Crippen LogP contribution in [-0.4, -0.2) is 16.2 Å². The van der Waals surface area contributed by atoms with E-state index in [2.05, 4.69) is 26.2 Å². The van der Waals surface area contributed by atoms with E-state index in [9.17, 15) is 4.79 Å². The number of halogens is 1. The normalized spacial score (nSPS) is 14.9. The quantitative estimate of drug-likeness (QED) is 0.880. The lowest BCUT2D eigenvalue weighted by atomic mass is 10.3. The van der Waals surface area contributed by atoms with Gasteiger partial charge in [0.1, 0.15) is 5.52 Å². The number of benzene rings is 1. The molecule has 18 heavy (non-hydrogen) atoms. The summed E-state index contributed by atoms with van der Waals surface area (Å²) >= 11 is 3.24. The molecular formula is C13H13BrN2O2.